The summed E-state index contributed by atoms with van der Waals surface area (Å²) in [5.74, 6) is -0.330. The summed E-state index contributed by atoms with van der Waals surface area (Å²) in [6, 6.07) is 23.4. The average molecular weight is 461 g/mol. The van der Waals surface area contributed by atoms with Crippen LogP contribution in [-0.2, 0) is 23.1 Å². The molecule has 3 aromatic carbocycles. The highest BCUT2D eigenvalue weighted by molar-refractivity contribution is 7.89. The number of aromatic nitrogens is 2. The largest absolute Gasteiger partial charge is 0.348 e. The van der Waals surface area contributed by atoms with E-state index in [-0.39, 0.29) is 17.3 Å². The fraction of sp³-hybridized carbons (Fsp3) is 0.120. The summed E-state index contributed by atoms with van der Waals surface area (Å²) >= 11 is 0. The summed E-state index contributed by atoms with van der Waals surface area (Å²) in [7, 11) is -3.76. The minimum Gasteiger partial charge on any atom is -0.348 e. The molecule has 4 aromatic rings. The van der Waals surface area contributed by atoms with Gasteiger partial charge in [-0.1, -0.05) is 48.5 Å². The first-order chi connectivity index (χ1) is 15.9. The Balaban J connectivity index is 1.43. The van der Waals surface area contributed by atoms with Crippen LogP contribution >= 0.6 is 0 Å². The van der Waals surface area contributed by atoms with E-state index in [1.165, 1.54) is 12.1 Å². The highest BCUT2D eigenvalue weighted by Gasteiger charge is 2.18. The van der Waals surface area contributed by atoms with Crippen molar-refractivity contribution >= 4 is 15.9 Å². The van der Waals surface area contributed by atoms with Crippen molar-refractivity contribution in [3.63, 3.8) is 0 Å². The van der Waals surface area contributed by atoms with Crippen molar-refractivity contribution in [2.45, 2.75) is 24.9 Å². The Morgan fingerprint density at radius 2 is 1.64 bits per heavy atom. The number of sulfonamides is 1. The quantitative estimate of drug-likeness (QED) is 0.420. The highest BCUT2D eigenvalue weighted by Crippen LogP contribution is 2.17. The number of amides is 1. The van der Waals surface area contributed by atoms with Crippen LogP contribution < -0.4 is 10.0 Å². The molecule has 0 aliphatic carbocycles. The molecule has 0 atom stereocenters. The second-order valence-corrected chi connectivity index (χ2v) is 9.35. The van der Waals surface area contributed by atoms with Gasteiger partial charge in [0.2, 0.25) is 10.0 Å². The maximum atomic E-state index is 12.8. The van der Waals surface area contributed by atoms with Gasteiger partial charge in [0.15, 0.2) is 0 Å². The molecule has 7 nitrogen and oxygen atoms in total. The maximum absolute atomic E-state index is 12.8. The standard InChI is InChI=1S/C25H24N4O3S/c1-19-8-13-23(33(31,32)28-18-20-6-3-2-4-7-20)16-24(19)25(30)26-17-21-9-11-22(12-10-21)29-15-5-14-27-29/h2-16,28H,17-18H2,1H3,(H,26,30). The molecule has 0 fully saturated rings. The number of hydrogen-bond donors (Lipinski definition) is 2. The lowest BCUT2D eigenvalue weighted by Gasteiger charge is -2.12. The number of nitrogens with one attached hydrogen (secondary N) is 2. The molecule has 0 unspecified atom stereocenters. The molecule has 0 bridgehead atoms. The molecule has 1 amide bonds. The zero-order valence-electron chi connectivity index (χ0n) is 18.1. The SMILES string of the molecule is Cc1ccc(S(=O)(=O)NCc2ccccc2)cc1C(=O)NCc1ccc(-n2cccn2)cc1. The van der Waals surface area contributed by atoms with Crippen LogP contribution in [0.2, 0.25) is 0 Å². The van der Waals surface area contributed by atoms with Crippen LogP contribution in [0, 0.1) is 6.92 Å². The number of rotatable bonds is 8. The normalized spacial score (nSPS) is 11.3. The molecular weight excluding hydrogens is 436 g/mol. The second-order valence-electron chi connectivity index (χ2n) is 7.59. The van der Waals surface area contributed by atoms with E-state index in [1.54, 1.807) is 23.9 Å². The van der Waals surface area contributed by atoms with E-state index < -0.39 is 10.0 Å². The minimum atomic E-state index is -3.76. The molecule has 0 saturated carbocycles. The fourth-order valence-corrected chi connectivity index (χ4v) is 4.38. The lowest BCUT2D eigenvalue weighted by molar-refractivity contribution is 0.0950. The van der Waals surface area contributed by atoms with Crippen LogP contribution in [0.25, 0.3) is 5.69 Å². The van der Waals surface area contributed by atoms with Crippen LogP contribution in [0.5, 0.6) is 0 Å². The Labute approximate surface area is 193 Å². The van der Waals surface area contributed by atoms with Gasteiger partial charge >= 0.3 is 0 Å². The van der Waals surface area contributed by atoms with Crippen LogP contribution in [0.3, 0.4) is 0 Å². The summed E-state index contributed by atoms with van der Waals surface area (Å²) < 4.78 is 29.8. The molecule has 1 aromatic heterocycles. The first kappa shape index (κ1) is 22.4. The molecule has 8 heteroatoms. The monoisotopic (exact) mass is 460 g/mol. The Kier molecular flexibility index (Phi) is 6.67. The van der Waals surface area contributed by atoms with Gasteiger partial charge in [0.05, 0.1) is 10.6 Å². The van der Waals surface area contributed by atoms with Gasteiger partial charge in [-0.15, -0.1) is 0 Å². The van der Waals surface area contributed by atoms with Gasteiger partial charge in [0.25, 0.3) is 5.91 Å². The van der Waals surface area contributed by atoms with Gasteiger partial charge in [-0.05, 0) is 53.9 Å². The van der Waals surface area contributed by atoms with Gasteiger partial charge < -0.3 is 5.32 Å². The zero-order chi connectivity index (χ0) is 23.3. The van der Waals surface area contributed by atoms with Crippen molar-refractivity contribution in [3.8, 4) is 5.69 Å². The van der Waals surface area contributed by atoms with E-state index in [4.69, 9.17) is 0 Å². The molecule has 0 aliphatic heterocycles. The predicted octanol–water partition coefficient (Wildman–Crippen LogP) is 3.59. The predicted molar refractivity (Wildman–Crippen MR) is 126 cm³/mol. The van der Waals surface area contributed by atoms with Crippen LogP contribution in [0.4, 0.5) is 0 Å². The third-order valence-electron chi connectivity index (χ3n) is 5.23. The average Bonchev–Trinajstić information content (AvgIpc) is 3.37. The number of aryl methyl sites for hydroxylation is 1. The van der Waals surface area contributed by atoms with Crippen molar-refractivity contribution in [1.29, 1.82) is 0 Å². The van der Waals surface area contributed by atoms with Gasteiger partial charge in [-0.3, -0.25) is 4.79 Å². The van der Waals surface area contributed by atoms with Gasteiger partial charge in [0.1, 0.15) is 0 Å². The summed E-state index contributed by atoms with van der Waals surface area (Å²) in [5.41, 5.74) is 3.72. The number of benzene rings is 3. The molecule has 0 saturated heterocycles. The Morgan fingerprint density at radius 1 is 0.909 bits per heavy atom. The number of nitrogens with zero attached hydrogens (tertiary/aromatic N) is 2. The highest BCUT2D eigenvalue weighted by atomic mass is 32.2. The van der Waals surface area contributed by atoms with E-state index in [0.717, 1.165) is 16.8 Å². The molecule has 0 spiro atoms. The molecule has 0 radical (unpaired) electrons. The maximum Gasteiger partial charge on any atom is 0.251 e. The molecule has 1 heterocycles. The van der Waals surface area contributed by atoms with Gasteiger partial charge in [0, 0.05) is 31.0 Å². The van der Waals surface area contributed by atoms with Crippen molar-refractivity contribution in [1.82, 2.24) is 19.8 Å². The minimum absolute atomic E-state index is 0.0535. The topological polar surface area (TPSA) is 93.1 Å². The first-order valence-corrected chi connectivity index (χ1v) is 11.9. The van der Waals surface area contributed by atoms with Crippen LogP contribution in [0.15, 0.2) is 96.2 Å². The number of hydrogen-bond acceptors (Lipinski definition) is 4. The Morgan fingerprint density at radius 3 is 2.33 bits per heavy atom. The molecule has 33 heavy (non-hydrogen) atoms. The van der Waals surface area contributed by atoms with Crippen molar-refractivity contribution in [3.05, 3.63) is 114 Å². The summed E-state index contributed by atoms with van der Waals surface area (Å²) in [5, 5.41) is 7.06. The van der Waals surface area contributed by atoms with E-state index >= 15 is 0 Å². The van der Waals surface area contributed by atoms with E-state index in [0.29, 0.717) is 17.7 Å². The van der Waals surface area contributed by atoms with Crippen LogP contribution in [-0.4, -0.2) is 24.1 Å². The summed E-state index contributed by atoms with van der Waals surface area (Å²) in [6.07, 6.45) is 3.57. The van der Waals surface area contributed by atoms with Crippen molar-refractivity contribution < 1.29 is 13.2 Å². The van der Waals surface area contributed by atoms with Crippen LogP contribution in [0.1, 0.15) is 27.0 Å². The molecule has 0 aliphatic rings. The van der Waals surface area contributed by atoms with E-state index in [1.807, 2.05) is 66.9 Å². The fourth-order valence-electron chi connectivity index (χ4n) is 3.34. The smallest absolute Gasteiger partial charge is 0.251 e. The molecule has 168 valence electrons. The van der Waals surface area contributed by atoms with Gasteiger partial charge in [-0.25, -0.2) is 17.8 Å². The summed E-state index contributed by atoms with van der Waals surface area (Å²) in [4.78, 5) is 12.9. The first-order valence-electron chi connectivity index (χ1n) is 10.4. The lowest BCUT2D eigenvalue weighted by Crippen LogP contribution is -2.26. The molecular formula is C25H24N4O3S. The zero-order valence-corrected chi connectivity index (χ0v) is 18.9. The lowest BCUT2D eigenvalue weighted by atomic mass is 10.1. The van der Waals surface area contributed by atoms with Crippen molar-refractivity contribution in [2.24, 2.45) is 0 Å². The second kappa shape index (κ2) is 9.81. The molecule has 4 rings (SSSR count). The van der Waals surface area contributed by atoms with E-state index in [9.17, 15) is 13.2 Å². The molecule has 2 N–H and O–H groups in total. The number of carbonyl (C=O) groups excluding carboxylic acids is 1. The van der Waals surface area contributed by atoms with Crippen molar-refractivity contribution in [2.75, 3.05) is 0 Å². The third kappa shape index (κ3) is 5.54. The van der Waals surface area contributed by atoms with E-state index in [2.05, 4.69) is 15.1 Å². The Bertz CT molecular complexity index is 1330. The number of carbonyl (C=O) groups is 1. The third-order valence-corrected chi connectivity index (χ3v) is 6.63. The van der Waals surface area contributed by atoms with Gasteiger partial charge in [-0.2, -0.15) is 5.10 Å². The Hall–Kier alpha value is -3.75. The summed E-state index contributed by atoms with van der Waals surface area (Å²) in [6.45, 7) is 2.27.